The number of nitrogens with one attached hydrogen (secondary N) is 1. The first-order chi connectivity index (χ1) is 8.86. The van der Waals surface area contributed by atoms with Crippen LogP contribution >= 0.6 is 11.6 Å². The zero-order valence-electron chi connectivity index (χ0n) is 12.2. The first-order valence-electron chi connectivity index (χ1n) is 6.75. The summed E-state index contributed by atoms with van der Waals surface area (Å²) in [4.78, 5) is 8.78. The van der Waals surface area contributed by atoms with Gasteiger partial charge in [-0.1, -0.05) is 25.4 Å². The van der Waals surface area contributed by atoms with Gasteiger partial charge in [-0.3, -0.25) is 0 Å². The van der Waals surface area contributed by atoms with E-state index >= 15 is 0 Å². The van der Waals surface area contributed by atoms with E-state index in [0.717, 1.165) is 24.4 Å². The first-order valence-corrected chi connectivity index (χ1v) is 7.13. The molecule has 1 aliphatic carbocycles. The Labute approximate surface area is 119 Å². The minimum absolute atomic E-state index is 0.0831. The maximum Gasteiger partial charge on any atom is 0.171 e. The first kappa shape index (κ1) is 14.5. The second-order valence-electron chi connectivity index (χ2n) is 5.73. The number of aromatic nitrogens is 2. The van der Waals surface area contributed by atoms with Crippen molar-refractivity contribution in [2.45, 2.75) is 53.2 Å². The van der Waals surface area contributed by atoms with Gasteiger partial charge in [-0.2, -0.15) is 0 Å². The molecule has 2 rings (SSSR count). The van der Waals surface area contributed by atoms with Crippen LogP contribution in [0, 0.1) is 19.3 Å². The summed E-state index contributed by atoms with van der Waals surface area (Å²) in [6, 6.07) is 0.318. The largest absolute Gasteiger partial charge is 0.378 e. The van der Waals surface area contributed by atoms with Crippen molar-refractivity contribution in [3.63, 3.8) is 0 Å². The molecule has 1 heterocycles. The van der Waals surface area contributed by atoms with Crippen LogP contribution in [0.25, 0.3) is 0 Å². The summed E-state index contributed by atoms with van der Waals surface area (Å²) < 4.78 is 5.73. The van der Waals surface area contributed by atoms with Crippen LogP contribution in [0.5, 0.6) is 0 Å². The number of nitrogens with zero attached hydrogens (tertiary/aromatic N) is 2. The van der Waals surface area contributed by atoms with Crippen molar-refractivity contribution in [1.29, 1.82) is 0 Å². The van der Waals surface area contributed by atoms with E-state index in [2.05, 4.69) is 29.1 Å². The highest BCUT2D eigenvalue weighted by Gasteiger charge is 2.49. The van der Waals surface area contributed by atoms with Gasteiger partial charge in [0.15, 0.2) is 11.0 Å². The summed E-state index contributed by atoms with van der Waals surface area (Å²) in [5.74, 6) is 0.679. The minimum atomic E-state index is 0.0831. The summed E-state index contributed by atoms with van der Waals surface area (Å²) in [5, 5.41) is 3.85. The Bertz CT molecular complexity index is 476. The van der Waals surface area contributed by atoms with E-state index in [1.165, 1.54) is 0 Å². The van der Waals surface area contributed by atoms with Gasteiger partial charge in [-0.15, -0.1) is 0 Å². The van der Waals surface area contributed by atoms with E-state index in [9.17, 15) is 0 Å². The third-order valence-electron chi connectivity index (χ3n) is 4.12. The van der Waals surface area contributed by atoms with E-state index in [1.54, 1.807) is 0 Å². The van der Waals surface area contributed by atoms with Crippen molar-refractivity contribution < 1.29 is 4.74 Å². The number of hydrogen-bond donors (Lipinski definition) is 1. The van der Waals surface area contributed by atoms with Gasteiger partial charge in [-0.05, 0) is 27.2 Å². The topological polar surface area (TPSA) is 47.0 Å². The average Bonchev–Trinajstić information content (AvgIpc) is 2.34. The molecule has 1 aromatic heterocycles. The van der Waals surface area contributed by atoms with E-state index in [1.807, 2.05) is 20.8 Å². The predicted molar refractivity (Wildman–Crippen MR) is 77.7 cm³/mol. The molecule has 4 nitrogen and oxygen atoms in total. The lowest BCUT2D eigenvalue weighted by atomic mass is 9.64. The number of ether oxygens (including phenoxy) is 1. The van der Waals surface area contributed by atoms with Gasteiger partial charge in [0.05, 0.1) is 17.5 Å². The molecule has 1 N–H and O–H groups in total. The van der Waals surface area contributed by atoms with Crippen molar-refractivity contribution >= 4 is 17.4 Å². The van der Waals surface area contributed by atoms with E-state index in [4.69, 9.17) is 16.3 Å². The highest BCUT2D eigenvalue weighted by Crippen LogP contribution is 2.44. The molecule has 0 amide bonds. The van der Waals surface area contributed by atoms with Gasteiger partial charge < -0.3 is 10.1 Å². The van der Waals surface area contributed by atoms with E-state index < -0.39 is 0 Å². The maximum atomic E-state index is 6.15. The number of rotatable bonds is 4. The Kier molecular flexibility index (Phi) is 4.02. The summed E-state index contributed by atoms with van der Waals surface area (Å²) in [5.41, 5.74) is 1.86. The molecular formula is C14H22ClN3O. The van der Waals surface area contributed by atoms with E-state index in [-0.39, 0.29) is 5.41 Å². The van der Waals surface area contributed by atoms with Crippen LogP contribution in [0.3, 0.4) is 0 Å². The maximum absolute atomic E-state index is 6.15. The smallest absolute Gasteiger partial charge is 0.171 e. The summed E-state index contributed by atoms with van der Waals surface area (Å²) >= 11 is 6.15. The minimum Gasteiger partial charge on any atom is -0.378 e. The van der Waals surface area contributed by atoms with Gasteiger partial charge >= 0.3 is 0 Å². The molecule has 0 aliphatic heterocycles. The monoisotopic (exact) mass is 283 g/mol. The summed E-state index contributed by atoms with van der Waals surface area (Å²) in [6.45, 7) is 11.1. The molecule has 0 aromatic carbocycles. The summed E-state index contributed by atoms with van der Waals surface area (Å²) in [7, 11) is 0. The van der Waals surface area contributed by atoms with Crippen LogP contribution in [-0.2, 0) is 4.74 Å². The van der Waals surface area contributed by atoms with Gasteiger partial charge in [0.2, 0.25) is 0 Å². The Morgan fingerprint density at radius 2 is 1.95 bits per heavy atom. The SMILES string of the molecule is CCOC1CC(Nc2nc(C)c(C)nc2Cl)C1(C)C. The molecule has 19 heavy (non-hydrogen) atoms. The lowest BCUT2D eigenvalue weighted by Gasteiger charge is -2.51. The number of aryl methyl sites for hydroxylation is 2. The zero-order chi connectivity index (χ0) is 14.2. The number of hydrogen-bond acceptors (Lipinski definition) is 4. The lowest BCUT2D eigenvalue weighted by molar-refractivity contribution is -0.0976. The molecule has 0 spiro atoms. The normalized spacial score (nSPS) is 24.9. The Morgan fingerprint density at radius 1 is 1.32 bits per heavy atom. The molecule has 2 unspecified atom stereocenters. The van der Waals surface area contributed by atoms with Crippen molar-refractivity contribution in [2.24, 2.45) is 5.41 Å². The average molecular weight is 284 g/mol. The van der Waals surface area contributed by atoms with Crippen molar-refractivity contribution in [2.75, 3.05) is 11.9 Å². The van der Waals surface area contributed by atoms with Gasteiger partial charge in [0, 0.05) is 18.1 Å². The standard InChI is InChI=1S/C14H22ClN3O/c1-6-19-11-7-10(14(11,4)5)18-13-12(15)16-8(2)9(3)17-13/h10-11H,6-7H2,1-5H3,(H,17,18). The predicted octanol–water partition coefficient (Wildman–Crippen LogP) is 3.36. The van der Waals surface area contributed by atoms with E-state index in [0.29, 0.717) is 23.1 Å². The third-order valence-corrected chi connectivity index (χ3v) is 4.38. The molecule has 1 aromatic rings. The number of halogens is 1. The van der Waals surface area contributed by atoms with Crippen LogP contribution in [0.4, 0.5) is 5.82 Å². The fourth-order valence-corrected chi connectivity index (χ4v) is 2.67. The Morgan fingerprint density at radius 3 is 2.53 bits per heavy atom. The van der Waals surface area contributed by atoms with Crippen LogP contribution in [0.1, 0.15) is 38.6 Å². The fourth-order valence-electron chi connectivity index (χ4n) is 2.45. The van der Waals surface area contributed by atoms with Gasteiger partial charge in [0.25, 0.3) is 0 Å². The molecule has 106 valence electrons. The van der Waals surface area contributed by atoms with Gasteiger partial charge in [-0.25, -0.2) is 9.97 Å². The lowest BCUT2D eigenvalue weighted by Crippen LogP contribution is -2.58. The molecule has 0 radical (unpaired) electrons. The third kappa shape index (κ3) is 2.70. The summed E-state index contributed by atoms with van der Waals surface area (Å²) in [6.07, 6.45) is 1.28. The highest BCUT2D eigenvalue weighted by molar-refractivity contribution is 6.31. The second-order valence-corrected chi connectivity index (χ2v) is 6.09. The molecule has 1 aliphatic rings. The molecule has 0 bridgehead atoms. The van der Waals surface area contributed by atoms with Crippen LogP contribution in [0.2, 0.25) is 5.15 Å². The Balaban J connectivity index is 2.09. The second kappa shape index (κ2) is 5.25. The molecule has 1 saturated carbocycles. The molecule has 0 saturated heterocycles. The Hall–Kier alpha value is -0.870. The molecule has 2 atom stereocenters. The molecule has 1 fully saturated rings. The van der Waals surface area contributed by atoms with Crippen molar-refractivity contribution in [1.82, 2.24) is 9.97 Å². The molecule has 5 heteroatoms. The zero-order valence-corrected chi connectivity index (χ0v) is 13.0. The number of anilines is 1. The van der Waals surface area contributed by atoms with Crippen molar-refractivity contribution in [3.05, 3.63) is 16.5 Å². The fraction of sp³-hybridized carbons (Fsp3) is 0.714. The molecular weight excluding hydrogens is 262 g/mol. The highest BCUT2D eigenvalue weighted by atomic mass is 35.5. The van der Waals surface area contributed by atoms with Gasteiger partial charge in [0.1, 0.15) is 0 Å². The quantitative estimate of drug-likeness (QED) is 0.920. The van der Waals surface area contributed by atoms with Crippen LogP contribution in [-0.4, -0.2) is 28.7 Å². The van der Waals surface area contributed by atoms with Crippen LogP contribution < -0.4 is 5.32 Å². The van der Waals surface area contributed by atoms with Crippen LogP contribution in [0.15, 0.2) is 0 Å². The van der Waals surface area contributed by atoms with Crippen molar-refractivity contribution in [3.8, 4) is 0 Å².